The summed E-state index contributed by atoms with van der Waals surface area (Å²) in [5.41, 5.74) is 0.939. The van der Waals surface area contributed by atoms with Gasteiger partial charge in [0.25, 0.3) is 5.56 Å². The van der Waals surface area contributed by atoms with E-state index in [1.807, 2.05) is 6.07 Å². The highest BCUT2D eigenvalue weighted by molar-refractivity contribution is 5.75. The van der Waals surface area contributed by atoms with Crippen LogP contribution in [-0.4, -0.2) is 4.98 Å². The second-order valence-electron chi connectivity index (χ2n) is 5.36. The zero-order chi connectivity index (χ0) is 18.0. The minimum absolute atomic E-state index is 0.0491. The van der Waals surface area contributed by atoms with Gasteiger partial charge in [0, 0.05) is 22.9 Å². The molecule has 1 N–H and O–H groups in total. The molecule has 0 spiro atoms. The lowest BCUT2D eigenvalue weighted by Gasteiger charge is -2.13. The molecule has 0 fully saturated rings. The van der Waals surface area contributed by atoms with Gasteiger partial charge in [-0.1, -0.05) is 18.2 Å². The molecule has 0 aliphatic rings. The smallest absolute Gasteiger partial charge is 0.266 e. The number of nitrogens with zero attached hydrogens (tertiary/aromatic N) is 1. The summed E-state index contributed by atoms with van der Waals surface area (Å²) in [6.45, 7) is 1.70. The monoisotopic (exact) mass is 338 g/mol. The average Bonchev–Trinajstić information content (AvgIpc) is 2.58. The van der Waals surface area contributed by atoms with Gasteiger partial charge in [-0.15, -0.1) is 0 Å². The van der Waals surface area contributed by atoms with Gasteiger partial charge in [-0.3, -0.25) is 4.79 Å². The summed E-state index contributed by atoms with van der Waals surface area (Å²) < 4.78 is 32.1. The molecule has 6 heteroatoms. The number of H-pyrrole nitrogens is 1. The van der Waals surface area contributed by atoms with Crippen LogP contribution in [0.25, 0.3) is 11.1 Å². The van der Waals surface area contributed by atoms with E-state index in [1.165, 1.54) is 6.07 Å². The minimum atomic E-state index is -1.03. The second kappa shape index (κ2) is 6.57. The first-order valence-electron chi connectivity index (χ1n) is 7.36. The number of hydrogen-bond donors (Lipinski definition) is 1. The van der Waals surface area contributed by atoms with Crippen molar-refractivity contribution < 1.29 is 13.5 Å². The summed E-state index contributed by atoms with van der Waals surface area (Å²) >= 11 is 0. The van der Waals surface area contributed by atoms with E-state index < -0.39 is 17.2 Å². The number of aromatic nitrogens is 1. The molecule has 3 rings (SSSR count). The fourth-order valence-corrected chi connectivity index (χ4v) is 2.46. The van der Waals surface area contributed by atoms with Crippen molar-refractivity contribution in [3.05, 3.63) is 81.8 Å². The number of rotatable bonds is 3. The van der Waals surface area contributed by atoms with E-state index in [0.717, 1.165) is 12.1 Å². The topological polar surface area (TPSA) is 65.9 Å². The molecule has 0 saturated carbocycles. The molecular formula is C19H12F2N2O2. The number of hydrogen-bond acceptors (Lipinski definition) is 3. The number of para-hydroxylation sites is 1. The fourth-order valence-electron chi connectivity index (χ4n) is 2.46. The number of ether oxygens (including phenoxy) is 1. The molecule has 2 aromatic carbocycles. The first kappa shape index (κ1) is 16.4. The number of pyridine rings is 1. The van der Waals surface area contributed by atoms with Crippen LogP contribution in [0.3, 0.4) is 0 Å². The standard InChI is InChI=1S/C19H12F2N2O2/c1-11-8-14(15(10-22)19(24)23-11)13-4-2-3-5-18(13)25-12-6-7-16(20)17(21)9-12/h2-9H,1H3,(H,23,24). The zero-order valence-electron chi connectivity index (χ0n) is 13.1. The van der Waals surface area contributed by atoms with Crippen LogP contribution in [0.1, 0.15) is 11.3 Å². The SMILES string of the molecule is Cc1cc(-c2ccccc2Oc2ccc(F)c(F)c2)c(C#N)c(=O)[nH]1. The Morgan fingerprint density at radius 3 is 2.52 bits per heavy atom. The molecule has 0 aliphatic carbocycles. The third-order valence-electron chi connectivity index (χ3n) is 3.58. The lowest BCUT2D eigenvalue weighted by atomic mass is 10.00. The maximum atomic E-state index is 13.4. The zero-order valence-corrected chi connectivity index (χ0v) is 13.1. The molecule has 1 aromatic heterocycles. The van der Waals surface area contributed by atoms with E-state index in [4.69, 9.17) is 4.74 Å². The lowest BCUT2D eigenvalue weighted by Crippen LogP contribution is -2.12. The van der Waals surface area contributed by atoms with Crippen molar-refractivity contribution in [2.45, 2.75) is 6.92 Å². The Kier molecular flexibility index (Phi) is 4.31. The minimum Gasteiger partial charge on any atom is -0.457 e. The summed E-state index contributed by atoms with van der Waals surface area (Å²) in [5, 5.41) is 9.30. The Morgan fingerprint density at radius 1 is 1.04 bits per heavy atom. The van der Waals surface area contributed by atoms with E-state index >= 15 is 0 Å². The third-order valence-corrected chi connectivity index (χ3v) is 3.58. The molecule has 0 aliphatic heterocycles. The summed E-state index contributed by atoms with van der Waals surface area (Å²) in [6, 6.07) is 13.5. The maximum Gasteiger partial charge on any atom is 0.266 e. The summed E-state index contributed by atoms with van der Waals surface area (Å²) in [5.74, 6) is -1.58. The predicted molar refractivity (Wildman–Crippen MR) is 88.4 cm³/mol. The van der Waals surface area contributed by atoms with E-state index in [2.05, 4.69) is 4.98 Å². The molecule has 0 atom stereocenters. The highest BCUT2D eigenvalue weighted by Crippen LogP contribution is 2.34. The number of nitrogens with one attached hydrogen (secondary N) is 1. The van der Waals surface area contributed by atoms with Gasteiger partial charge in [0.1, 0.15) is 23.1 Å². The van der Waals surface area contributed by atoms with Crippen molar-refractivity contribution in [1.82, 2.24) is 4.98 Å². The van der Waals surface area contributed by atoms with Crippen LogP contribution >= 0.6 is 0 Å². The molecule has 0 saturated heterocycles. The van der Waals surface area contributed by atoms with Gasteiger partial charge in [0.05, 0.1) is 0 Å². The number of benzene rings is 2. The number of nitriles is 1. The van der Waals surface area contributed by atoms with Gasteiger partial charge in [0.2, 0.25) is 0 Å². The highest BCUT2D eigenvalue weighted by atomic mass is 19.2. The summed E-state index contributed by atoms with van der Waals surface area (Å²) in [7, 11) is 0. The molecule has 25 heavy (non-hydrogen) atoms. The predicted octanol–water partition coefficient (Wildman–Crippen LogP) is 4.29. The first-order valence-corrected chi connectivity index (χ1v) is 7.36. The first-order chi connectivity index (χ1) is 12.0. The van der Waals surface area contributed by atoms with Crippen molar-refractivity contribution in [2.75, 3.05) is 0 Å². The molecule has 1 heterocycles. The van der Waals surface area contributed by atoms with Gasteiger partial charge >= 0.3 is 0 Å². The van der Waals surface area contributed by atoms with Gasteiger partial charge in [-0.05, 0) is 31.2 Å². The lowest BCUT2D eigenvalue weighted by molar-refractivity contribution is 0.462. The number of aromatic amines is 1. The largest absolute Gasteiger partial charge is 0.457 e. The Morgan fingerprint density at radius 2 is 1.80 bits per heavy atom. The van der Waals surface area contributed by atoms with Crippen molar-refractivity contribution >= 4 is 0 Å². The normalized spacial score (nSPS) is 10.3. The van der Waals surface area contributed by atoms with E-state index in [9.17, 15) is 18.8 Å². The fraction of sp³-hybridized carbons (Fsp3) is 0.0526. The third kappa shape index (κ3) is 3.26. The Balaban J connectivity index is 2.13. The van der Waals surface area contributed by atoms with Crippen LogP contribution in [0.15, 0.2) is 53.3 Å². The van der Waals surface area contributed by atoms with Gasteiger partial charge in [-0.2, -0.15) is 5.26 Å². The number of aryl methyl sites for hydroxylation is 1. The van der Waals surface area contributed by atoms with Crippen molar-refractivity contribution in [1.29, 1.82) is 5.26 Å². The molecule has 124 valence electrons. The molecule has 4 nitrogen and oxygen atoms in total. The van der Waals surface area contributed by atoms with Crippen molar-refractivity contribution in [3.8, 4) is 28.7 Å². The van der Waals surface area contributed by atoms with Gasteiger partial charge in [-0.25, -0.2) is 8.78 Å². The summed E-state index contributed by atoms with van der Waals surface area (Å²) in [4.78, 5) is 14.6. The average molecular weight is 338 g/mol. The number of halogens is 2. The molecule has 0 unspecified atom stereocenters. The molecule has 0 amide bonds. The molecule has 3 aromatic rings. The Hall–Kier alpha value is -3.46. The molecular weight excluding hydrogens is 326 g/mol. The van der Waals surface area contributed by atoms with E-state index in [1.54, 1.807) is 37.3 Å². The van der Waals surface area contributed by atoms with Crippen LogP contribution in [0.4, 0.5) is 8.78 Å². The quantitative estimate of drug-likeness (QED) is 0.774. The van der Waals surface area contributed by atoms with E-state index in [-0.39, 0.29) is 11.3 Å². The van der Waals surface area contributed by atoms with Crippen molar-refractivity contribution in [3.63, 3.8) is 0 Å². The van der Waals surface area contributed by atoms with Crippen LogP contribution in [0.5, 0.6) is 11.5 Å². The molecule has 0 bridgehead atoms. The maximum absolute atomic E-state index is 13.4. The van der Waals surface area contributed by atoms with Crippen LogP contribution in [0, 0.1) is 29.9 Å². The van der Waals surface area contributed by atoms with Gasteiger partial charge in [0.15, 0.2) is 11.6 Å². The Bertz CT molecular complexity index is 1050. The Labute approximate surface area is 141 Å². The van der Waals surface area contributed by atoms with Crippen LogP contribution < -0.4 is 10.3 Å². The van der Waals surface area contributed by atoms with Crippen molar-refractivity contribution in [2.24, 2.45) is 0 Å². The second-order valence-corrected chi connectivity index (χ2v) is 5.36. The molecule has 0 radical (unpaired) electrons. The summed E-state index contributed by atoms with van der Waals surface area (Å²) in [6.07, 6.45) is 0. The van der Waals surface area contributed by atoms with Crippen LogP contribution in [0.2, 0.25) is 0 Å². The van der Waals surface area contributed by atoms with E-state index in [0.29, 0.717) is 22.6 Å². The highest BCUT2D eigenvalue weighted by Gasteiger charge is 2.15. The van der Waals surface area contributed by atoms with Crippen LogP contribution in [-0.2, 0) is 0 Å². The van der Waals surface area contributed by atoms with Gasteiger partial charge < -0.3 is 9.72 Å².